The number of carbonyl (C=O) groups excluding carboxylic acids is 1. The second kappa shape index (κ2) is 7.01. The zero-order chi connectivity index (χ0) is 13.5. The normalized spacial score (nSPS) is 12.3. The van der Waals surface area contributed by atoms with Gasteiger partial charge in [-0.3, -0.25) is 4.79 Å². The summed E-state index contributed by atoms with van der Waals surface area (Å²) in [5.74, 6) is 0.622. The summed E-state index contributed by atoms with van der Waals surface area (Å²) in [6.45, 7) is 6.18. The summed E-state index contributed by atoms with van der Waals surface area (Å²) in [4.78, 5) is 11.4. The van der Waals surface area contributed by atoms with Crippen LogP contribution in [0, 0.1) is 0 Å². The molecule has 0 amide bonds. The maximum atomic E-state index is 11.4. The van der Waals surface area contributed by atoms with Gasteiger partial charge in [0.15, 0.2) is 0 Å². The van der Waals surface area contributed by atoms with Gasteiger partial charge >= 0.3 is 5.97 Å². The Balaban J connectivity index is 2.58. The zero-order valence-corrected chi connectivity index (χ0v) is 11.3. The predicted octanol–water partition coefficient (Wildman–Crippen LogP) is 1.71. The van der Waals surface area contributed by atoms with Crippen LogP contribution in [0.15, 0.2) is 24.3 Å². The number of hydrogen-bond donors (Lipinski definition) is 1. The average molecular weight is 252 g/mol. The molecule has 0 aliphatic rings. The zero-order valence-electron chi connectivity index (χ0n) is 11.3. The summed E-state index contributed by atoms with van der Waals surface area (Å²) in [6, 6.07) is 7.60. The lowest BCUT2D eigenvalue weighted by atomic mass is 10.0. The highest BCUT2D eigenvalue weighted by molar-refractivity contribution is 5.70. The molecule has 0 saturated carbocycles. The highest BCUT2D eigenvalue weighted by atomic mass is 16.5. The summed E-state index contributed by atoms with van der Waals surface area (Å²) in [5, 5.41) is 0. The van der Waals surface area contributed by atoms with Crippen LogP contribution in [0.25, 0.3) is 0 Å². The number of esters is 1. The summed E-state index contributed by atoms with van der Waals surface area (Å²) >= 11 is 0. The van der Waals surface area contributed by atoms with Crippen LogP contribution in [0.4, 0.5) is 0 Å². The largest absolute Gasteiger partial charge is 0.491 e. The van der Waals surface area contributed by atoms with Gasteiger partial charge in [0.05, 0.1) is 12.7 Å². The minimum atomic E-state index is -0.208. The van der Waals surface area contributed by atoms with Crippen LogP contribution in [0.1, 0.15) is 38.8 Å². The lowest BCUT2D eigenvalue weighted by Gasteiger charge is -2.12. The van der Waals surface area contributed by atoms with Gasteiger partial charge in [-0.05, 0) is 45.0 Å². The van der Waals surface area contributed by atoms with Crippen LogP contribution >= 0.6 is 0 Å². The highest BCUT2D eigenvalue weighted by Gasteiger charge is 2.15. The number of ether oxygens (including phenoxy) is 2. The molecule has 0 bridgehead atoms. The van der Waals surface area contributed by atoms with Crippen molar-refractivity contribution in [2.45, 2.75) is 39.3 Å². The molecule has 4 nitrogen and oxygen atoms in total. The first kappa shape index (κ1) is 14.5. The molecule has 100 valence electrons. The molecule has 0 unspecified atom stereocenters. The third-order valence-electron chi connectivity index (χ3n) is 2.44. The highest BCUT2D eigenvalue weighted by Crippen LogP contribution is 2.18. The van der Waals surface area contributed by atoms with Crippen LogP contribution in [-0.4, -0.2) is 18.7 Å². The molecular weight excluding hydrogens is 230 g/mol. The molecule has 0 fully saturated rings. The minimum Gasteiger partial charge on any atom is -0.491 e. The van der Waals surface area contributed by atoms with E-state index in [1.54, 1.807) is 6.92 Å². The molecule has 3 N–H and O–H groups in total. The molecule has 0 radical (unpaired) electrons. The standard InChI is InChI=1S/C14H21NO3/c1-4-17-14(16)9-13(15)11-5-7-12(8-6-11)18-10(2)3/h5-8,10,13H,4,9,15H2,1-3H3/p+1/t13-/m0/s1. The third-order valence-corrected chi connectivity index (χ3v) is 2.44. The molecule has 1 aromatic carbocycles. The maximum Gasteiger partial charge on any atom is 0.312 e. The van der Waals surface area contributed by atoms with Crippen molar-refractivity contribution in [1.29, 1.82) is 0 Å². The number of benzene rings is 1. The van der Waals surface area contributed by atoms with Gasteiger partial charge in [0.25, 0.3) is 0 Å². The van der Waals surface area contributed by atoms with Gasteiger partial charge in [0.2, 0.25) is 0 Å². The van der Waals surface area contributed by atoms with Crippen molar-refractivity contribution < 1.29 is 20.0 Å². The van der Waals surface area contributed by atoms with Crippen LogP contribution in [-0.2, 0) is 9.53 Å². The van der Waals surface area contributed by atoms with E-state index in [2.05, 4.69) is 5.73 Å². The van der Waals surface area contributed by atoms with Gasteiger partial charge in [-0.15, -0.1) is 0 Å². The molecule has 18 heavy (non-hydrogen) atoms. The molecule has 4 heteroatoms. The molecule has 1 atom stereocenters. The van der Waals surface area contributed by atoms with Crippen molar-refractivity contribution in [3.8, 4) is 5.75 Å². The van der Waals surface area contributed by atoms with E-state index >= 15 is 0 Å². The molecular formula is C14H22NO3+. The summed E-state index contributed by atoms with van der Waals surface area (Å²) in [5.41, 5.74) is 4.99. The second-order valence-electron chi connectivity index (χ2n) is 4.44. The molecule has 0 saturated heterocycles. The molecule has 1 aromatic rings. The number of hydrogen-bond acceptors (Lipinski definition) is 3. The predicted molar refractivity (Wildman–Crippen MR) is 69.1 cm³/mol. The van der Waals surface area contributed by atoms with Crippen molar-refractivity contribution in [1.82, 2.24) is 0 Å². The fourth-order valence-electron chi connectivity index (χ4n) is 1.63. The quantitative estimate of drug-likeness (QED) is 0.784. The SMILES string of the molecule is CCOC(=O)C[C@H]([NH3+])c1ccc(OC(C)C)cc1. The molecule has 0 aliphatic carbocycles. The van der Waals surface area contributed by atoms with Crippen LogP contribution in [0.3, 0.4) is 0 Å². The van der Waals surface area contributed by atoms with E-state index in [4.69, 9.17) is 9.47 Å². The van der Waals surface area contributed by atoms with Crippen molar-refractivity contribution in [2.75, 3.05) is 6.61 Å². The minimum absolute atomic E-state index is 0.0860. The number of rotatable bonds is 6. The Morgan fingerprint density at radius 3 is 2.39 bits per heavy atom. The average Bonchev–Trinajstić information content (AvgIpc) is 2.29. The van der Waals surface area contributed by atoms with E-state index in [-0.39, 0.29) is 18.1 Å². The molecule has 0 spiro atoms. The maximum absolute atomic E-state index is 11.4. The second-order valence-corrected chi connectivity index (χ2v) is 4.44. The Kier molecular flexibility index (Phi) is 5.65. The molecule has 1 rings (SSSR count). The van der Waals surface area contributed by atoms with E-state index in [0.29, 0.717) is 13.0 Å². The number of quaternary nitrogens is 1. The van der Waals surface area contributed by atoms with Crippen LogP contribution < -0.4 is 10.5 Å². The van der Waals surface area contributed by atoms with Gasteiger partial charge in [-0.2, -0.15) is 0 Å². The summed E-state index contributed by atoms with van der Waals surface area (Å²) in [7, 11) is 0. The Labute approximate surface area is 108 Å². The fraction of sp³-hybridized carbons (Fsp3) is 0.500. The van der Waals surface area contributed by atoms with Gasteiger partial charge in [-0.1, -0.05) is 0 Å². The monoisotopic (exact) mass is 252 g/mol. The van der Waals surface area contributed by atoms with Crippen LogP contribution in [0.5, 0.6) is 5.75 Å². The van der Waals surface area contributed by atoms with E-state index in [1.807, 2.05) is 38.1 Å². The van der Waals surface area contributed by atoms with Crippen molar-refractivity contribution in [3.63, 3.8) is 0 Å². The first-order valence-electron chi connectivity index (χ1n) is 6.28. The summed E-state index contributed by atoms with van der Waals surface area (Å²) in [6.07, 6.45) is 0.462. The van der Waals surface area contributed by atoms with E-state index in [1.165, 1.54) is 0 Å². The van der Waals surface area contributed by atoms with Gasteiger partial charge in [0, 0.05) is 5.56 Å². The van der Waals surface area contributed by atoms with E-state index < -0.39 is 0 Å². The van der Waals surface area contributed by atoms with Crippen molar-refractivity contribution in [3.05, 3.63) is 29.8 Å². The Hall–Kier alpha value is -1.55. The van der Waals surface area contributed by atoms with Crippen LogP contribution in [0.2, 0.25) is 0 Å². The van der Waals surface area contributed by atoms with E-state index in [9.17, 15) is 4.79 Å². The van der Waals surface area contributed by atoms with E-state index in [0.717, 1.165) is 11.3 Å². The molecule has 0 heterocycles. The van der Waals surface area contributed by atoms with Gasteiger partial charge in [0.1, 0.15) is 18.2 Å². The smallest absolute Gasteiger partial charge is 0.312 e. The van der Waals surface area contributed by atoms with Gasteiger partial charge < -0.3 is 15.2 Å². The Morgan fingerprint density at radius 2 is 1.89 bits per heavy atom. The fourth-order valence-corrected chi connectivity index (χ4v) is 1.63. The topological polar surface area (TPSA) is 63.2 Å². The number of carbonyl (C=O) groups is 1. The van der Waals surface area contributed by atoms with Crippen molar-refractivity contribution >= 4 is 5.97 Å². The van der Waals surface area contributed by atoms with Gasteiger partial charge in [-0.25, -0.2) is 0 Å². The lowest BCUT2D eigenvalue weighted by molar-refractivity contribution is -0.425. The Bertz CT molecular complexity index is 373. The first-order valence-corrected chi connectivity index (χ1v) is 6.28. The summed E-state index contributed by atoms with van der Waals surface area (Å²) < 4.78 is 10.5. The Morgan fingerprint density at radius 1 is 1.28 bits per heavy atom. The first-order chi connectivity index (χ1) is 8.52. The van der Waals surface area contributed by atoms with Crippen molar-refractivity contribution in [2.24, 2.45) is 0 Å². The molecule has 0 aliphatic heterocycles. The third kappa shape index (κ3) is 4.75. The molecule has 0 aromatic heterocycles. The lowest BCUT2D eigenvalue weighted by Crippen LogP contribution is -2.54.